The van der Waals surface area contributed by atoms with E-state index in [2.05, 4.69) is 44.7 Å². The third kappa shape index (κ3) is 4.57. The van der Waals surface area contributed by atoms with E-state index >= 15 is 0 Å². The maximum atomic E-state index is 12.8. The Morgan fingerprint density at radius 3 is 2.66 bits per heavy atom. The number of benzene rings is 2. The van der Waals surface area contributed by atoms with Gasteiger partial charge >= 0.3 is 0 Å². The molecule has 5 rings (SSSR count). The zero-order chi connectivity index (χ0) is 21.9. The van der Waals surface area contributed by atoms with E-state index in [-0.39, 0.29) is 11.9 Å². The molecule has 0 aliphatic carbocycles. The van der Waals surface area contributed by atoms with Crippen LogP contribution in [0.1, 0.15) is 24.3 Å². The Labute approximate surface area is 187 Å². The summed E-state index contributed by atoms with van der Waals surface area (Å²) in [6.45, 7) is 5.03. The molecule has 1 N–H and O–H groups in total. The normalized spacial score (nSPS) is 15.3. The molecule has 1 fully saturated rings. The van der Waals surface area contributed by atoms with Crippen LogP contribution in [0, 0.1) is 6.92 Å². The van der Waals surface area contributed by atoms with Gasteiger partial charge in [0.2, 0.25) is 17.7 Å². The van der Waals surface area contributed by atoms with E-state index in [1.54, 1.807) is 6.92 Å². The molecule has 164 valence electrons. The molecule has 1 aliphatic heterocycles. The molecule has 1 aliphatic rings. The molecular weight excluding hydrogens is 402 g/mol. The van der Waals surface area contributed by atoms with Gasteiger partial charge in [-0.2, -0.15) is 0 Å². The van der Waals surface area contributed by atoms with Crippen LogP contribution in [0.15, 0.2) is 65.2 Å². The fourth-order valence-electron chi connectivity index (χ4n) is 4.37. The summed E-state index contributed by atoms with van der Waals surface area (Å²) in [5.41, 5.74) is 3.17. The Hall–Kier alpha value is -3.45. The fraction of sp³-hybridized carbons (Fsp3) is 0.320. The van der Waals surface area contributed by atoms with Gasteiger partial charge in [0.25, 0.3) is 0 Å². The van der Waals surface area contributed by atoms with E-state index in [1.807, 2.05) is 41.1 Å². The molecule has 2 aromatic carbocycles. The summed E-state index contributed by atoms with van der Waals surface area (Å²) in [6.07, 6.45) is 3.91. The van der Waals surface area contributed by atoms with Crippen molar-refractivity contribution in [2.24, 2.45) is 0 Å². The number of carbonyl (C=O) groups is 1. The Morgan fingerprint density at radius 1 is 1.09 bits per heavy atom. The first-order chi connectivity index (χ1) is 15.6. The lowest BCUT2D eigenvalue weighted by Gasteiger charge is -2.32. The second-order valence-corrected chi connectivity index (χ2v) is 8.45. The fourth-order valence-corrected chi connectivity index (χ4v) is 4.37. The molecule has 0 saturated carbocycles. The number of likely N-dealkylation sites (tertiary alicyclic amines) is 1. The molecule has 4 aromatic rings. The standard InChI is InChI=1S/C25H27N5O2/c1-18-27-28-25(32-18)21-8-7-20-9-14-30(23(20)15-21)17-24(31)26-22-10-12-29(13-11-22)16-19-5-3-2-4-6-19/h2-9,14-15,22H,10-13,16-17H2,1H3,(H,26,31). The molecule has 0 unspecified atom stereocenters. The van der Waals surface area contributed by atoms with Crippen LogP contribution < -0.4 is 5.32 Å². The van der Waals surface area contributed by atoms with E-state index in [4.69, 9.17) is 4.42 Å². The molecule has 7 nitrogen and oxygen atoms in total. The molecule has 32 heavy (non-hydrogen) atoms. The Kier molecular flexibility index (Phi) is 5.73. The predicted octanol–water partition coefficient (Wildman–Crippen LogP) is 3.78. The quantitative estimate of drug-likeness (QED) is 0.505. The maximum Gasteiger partial charge on any atom is 0.247 e. The Balaban J connectivity index is 1.18. The van der Waals surface area contributed by atoms with Crippen LogP contribution in [0.5, 0.6) is 0 Å². The van der Waals surface area contributed by atoms with Crippen LogP contribution in [0.4, 0.5) is 0 Å². The maximum absolute atomic E-state index is 12.8. The number of piperidine rings is 1. The second kappa shape index (κ2) is 8.96. The summed E-state index contributed by atoms with van der Waals surface area (Å²) in [6, 6.07) is 18.8. The summed E-state index contributed by atoms with van der Waals surface area (Å²) >= 11 is 0. The topological polar surface area (TPSA) is 76.2 Å². The summed E-state index contributed by atoms with van der Waals surface area (Å²) in [5.74, 6) is 1.07. The van der Waals surface area contributed by atoms with Crippen molar-refractivity contribution in [3.63, 3.8) is 0 Å². The first-order valence-corrected chi connectivity index (χ1v) is 11.1. The van der Waals surface area contributed by atoms with Crippen LogP contribution in [0.3, 0.4) is 0 Å². The van der Waals surface area contributed by atoms with Crippen molar-refractivity contribution >= 4 is 16.8 Å². The average Bonchev–Trinajstić information content (AvgIpc) is 3.42. The third-order valence-corrected chi connectivity index (χ3v) is 6.06. The van der Waals surface area contributed by atoms with Crippen molar-refractivity contribution in [3.8, 4) is 11.5 Å². The van der Waals surface area contributed by atoms with Gasteiger partial charge in [-0.3, -0.25) is 9.69 Å². The average molecular weight is 430 g/mol. The number of aromatic nitrogens is 3. The van der Waals surface area contributed by atoms with Gasteiger partial charge in [0.15, 0.2) is 0 Å². The highest BCUT2D eigenvalue weighted by Crippen LogP contribution is 2.24. The first-order valence-electron chi connectivity index (χ1n) is 11.1. The Bertz CT molecular complexity index is 1210. The van der Waals surface area contributed by atoms with Gasteiger partial charge in [0.05, 0.1) is 0 Å². The van der Waals surface area contributed by atoms with Crippen LogP contribution in [0.25, 0.3) is 22.4 Å². The monoisotopic (exact) mass is 429 g/mol. The van der Waals surface area contributed by atoms with Crippen LogP contribution in [-0.4, -0.2) is 44.7 Å². The van der Waals surface area contributed by atoms with Crippen molar-refractivity contribution in [1.82, 2.24) is 25.0 Å². The van der Waals surface area contributed by atoms with Crippen LogP contribution >= 0.6 is 0 Å². The van der Waals surface area contributed by atoms with Crippen LogP contribution in [0.2, 0.25) is 0 Å². The SMILES string of the molecule is Cc1nnc(-c2ccc3ccn(CC(=O)NC4CCN(Cc5ccccc5)CC4)c3c2)o1. The molecule has 0 bridgehead atoms. The number of nitrogens with one attached hydrogen (secondary N) is 1. The van der Waals surface area contributed by atoms with Crippen molar-refractivity contribution < 1.29 is 9.21 Å². The molecule has 1 amide bonds. The van der Waals surface area contributed by atoms with Gasteiger partial charge in [-0.25, -0.2) is 0 Å². The number of rotatable bonds is 6. The van der Waals surface area contributed by atoms with Gasteiger partial charge in [0, 0.05) is 49.9 Å². The number of hydrogen-bond donors (Lipinski definition) is 1. The number of fused-ring (bicyclic) bond motifs is 1. The zero-order valence-electron chi connectivity index (χ0n) is 18.2. The number of carbonyl (C=O) groups excluding carboxylic acids is 1. The minimum absolute atomic E-state index is 0.0445. The van der Waals surface area contributed by atoms with Crippen LogP contribution in [-0.2, 0) is 17.9 Å². The van der Waals surface area contributed by atoms with Crippen molar-refractivity contribution in [3.05, 3.63) is 72.2 Å². The van der Waals surface area contributed by atoms with E-state index in [9.17, 15) is 4.79 Å². The molecule has 0 spiro atoms. The summed E-state index contributed by atoms with van der Waals surface area (Å²) in [7, 11) is 0. The highest BCUT2D eigenvalue weighted by atomic mass is 16.4. The minimum atomic E-state index is 0.0445. The molecular formula is C25H27N5O2. The summed E-state index contributed by atoms with van der Waals surface area (Å²) < 4.78 is 7.52. The lowest BCUT2D eigenvalue weighted by atomic mass is 10.0. The number of amides is 1. The van der Waals surface area contributed by atoms with E-state index in [0.717, 1.165) is 48.9 Å². The lowest BCUT2D eigenvalue weighted by molar-refractivity contribution is -0.122. The van der Waals surface area contributed by atoms with E-state index in [0.29, 0.717) is 18.3 Å². The van der Waals surface area contributed by atoms with Gasteiger partial charge in [-0.15, -0.1) is 10.2 Å². The third-order valence-electron chi connectivity index (χ3n) is 6.06. The largest absolute Gasteiger partial charge is 0.421 e. The van der Waals surface area contributed by atoms with Gasteiger partial charge < -0.3 is 14.3 Å². The molecule has 7 heteroatoms. The minimum Gasteiger partial charge on any atom is -0.421 e. The van der Waals surface area contributed by atoms with Crippen molar-refractivity contribution in [2.75, 3.05) is 13.1 Å². The number of hydrogen-bond acceptors (Lipinski definition) is 5. The van der Waals surface area contributed by atoms with Gasteiger partial charge in [-0.05, 0) is 42.0 Å². The smallest absolute Gasteiger partial charge is 0.247 e. The predicted molar refractivity (Wildman–Crippen MR) is 123 cm³/mol. The van der Waals surface area contributed by atoms with Gasteiger partial charge in [-0.1, -0.05) is 36.4 Å². The second-order valence-electron chi connectivity index (χ2n) is 8.45. The van der Waals surface area contributed by atoms with Gasteiger partial charge in [0.1, 0.15) is 6.54 Å². The van der Waals surface area contributed by atoms with E-state index in [1.165, 1.54) is 5.56 Å². The molecule has 1 saturated heterocycles. The first kappa shape index (κ1) is 20.5. The van der Waals surface area contributed by atoms with Crippen molar-refractivity contribution in [1.29, 1.82) is 0 Å². The lowest BCUT2D eigenvalue weighted by Crippen LogP contribution is -2.45. The highest BCUT2D eigenvalue weighted by molar-refractivity contribution is 5.86. The van der Waals surface area contributed by atoms with E-state index < -0.39 is 0 Å². The summed E-state index contributed by atoms with van der Waals surface area (Å²) in [5, 5.41) is 12.3. The summed E-state index contributed by atoms with van der Waals surface area (Å²) in [4.78, 5) is 15.2. The molecule has 3 heterocycles. The number of nitrogens with zero attached hydrogens (tertiary/aromatic N) is 4. The zero-order valence-corrected chi connectivity index (χ0v) is 18.2. The van der Waals surface area contributed by atoms with Crippen molar-refractivity contribution in [2.45, 2.75) is 38.9 Å². The highest BCUT2D eigenvalue weighted by Gasteiger charge is 2.21. The molecule has 2 aromatic heterocycles. The Morgan fingerprint density at radius 2 is 1.91 bits per heavy atom. The molecule has 0 atom stereocenters. The number of aryl methyl sites for hydroxylation is 1. The molecule has 0 radical (unpaired) electrons.